The van der Waals surface area contributed by atoms with Crippen molar-refractivity contribution >= 4 is 17.2 Å². The molecule has 0 spiro atoms. The number of hydrogen-bond donors (Lipinski definition) is 0. The molecule has 1 aromatic rings. The first kappa shape index (κ1) is 14.0. The largest absolute Gasteiger partial charge is 0.340 e. The van der Waals surface area contributed by atoms with Crippen LogP contribution in [0.3, 0.4) is 0 Å². The van der Waals surface area contributed by atoms with Gasteiger partial charge in [-0.2, -0.15) is 5.26 Å². The van der Waals surface area contributed by atoms with E-state index in [1.54, 1.807) is 11.3 Å². The number of carbonyl (C=O) groups excluding carboxylic acids is 1. The topological polar surface area (TPSA) is 47.3 Å². The summed E-state index contributed by atoms with van der Waals surface area (Å²) in [7, 11) is 0. The molecular weight excluding hydrogens is 258 g/mol. The van der Waals surface area contributed by atoms with Crippen LogP contribution in [0.4, 0.5) is 0 Å². The molecule has 1 aliphatic heterocycles. The third-order valence-corrected chi connectivity index (χ3v) is 4.26. The second kappa shape index (κ2) is 6.69. The first-order valence-corrected chi connectivity index (χ1v) is 7.49. The molecule has 1 aromatic heterocycles. The minimum absolute atomic E-state index is 0.0633. The third kappa shape index (κ3) is 4.05. The van der Waals surface area contributed by atoms with Crippen molar-refractivity contribution in [2.45, 2.75) is 13.3 Å². The fourth-order valence-electron chi connectivity index (χ4n) is 2.28. The highest BCUT2D eigenvalue weighted by Gasteiger charge is 2.22. The molecule has 1 unspecified atom stereocenters. The van der Waals surface area contributed by atoms with Gasteiger partial charge in [-0.1, -0.05) is 6.07 Å². The van der Waals surface area contributed by atoms with Crippen LogP contribution in [0, 0.1) is 17.2 Å². The molecule has 0 N–H and O–H groups in total. The molecule has 0 bridgehead atoms. The highest BCUT2D eigenvalue weighted by Crippen LogP contribution is 2.12. The van der Waals surface area contributed by atoms with E-state index in [0.29, 0.717) is 6.42 Å². The lowest BCUT2D eigenvalue weighted by atomic mass is 10.1. The fraction of sp³-hybridized carbons (Fsp3) is 0.571. The van der Waals surface area contributed by atoms with Crippen LogP contribution in [-0.2, 0) is 11.2 Å². The van der Waals surface area contributed by atoms with Crippen molar-refractivity contribution in [1.29, 1.82) is 5.26 Å². The summed E-state index contributed by atoms with van der Waals surface area (Å²) in [6.07, 6.45) is 0.520. The summed E-state index contributed by atoms with van der Waals surface area (Å²) in [5.74, 6) is 0.281. The van der Waals surface area contributed by atoms with Crippen LogP contribution in [0.25, 0.3) is 0 Å². The fourth-order valence-corrected chi connectivity index (χ4v) is 2.98. The van der Waals surface area contributed by atoms with Gasteiger partial charge in [0.2, 0.25) is 5.91 Å². The molecular formula is C14H19N3OS. The molecule has 0 radical (unpaired) electrons. The van der Waals surface area contributed by atoms with Crippen LogP contribution < -0.4 is 0 Å². The molecule has 1 aliphatic rings. The van der Waals surface area contributed by atoms with E-state index < -0.39 is 0 Å². The smallest absolute Gasteiger partial charge is 0.227 e. The van der Waals surface area contributed by atoms with Gasteiger partial charge < -0.3 is 4.90 Å². The van der Waals surface area contributed by atoms with Crippen LogP contribution in [0.15, 0.2) is 17.5 Å². The van der Waals surface area contributed by atoms with Gasteiger partial charge in [-0.3, -0.25) is 9.69 Å². The molecule has 1 fully saturated rings. The number of thiophene rings is 1. The number of amides is 1. The maximum atomic E-state index is 12.1. The van der Waals surface area contributed by atoms with E-state index in [0.717, 1.165) is 37.6 Å². The molecule has 2 heterocycles. The molecule has 102 valence electrons. The van der Waals surface area contributed by atoms with Crippen LogP contribution in [-0.4, -0.2) is 48.4 Å². The maximum Gasteiger partial charge on any atom is 0.227 e. The molecule has 1 amide bonds. The molecule has 4 nitrogen and oxygen atoms in total. The summed E-state index contributed by atoms with van der Waals surface area (Å²) in [6, 6.07) is 6.24. The number of rotatable bonds is 4. The minimum atomic E-state index is 0.0633. The summed E-state index contributed by atoms with van der Waals surface area (Å²) in [6.45, 7) is 6.06. The van der Waals surface area contributed by atoms with E-state index in [1.807, 2.05) is 29.3 Å². The Labute approximate surface area is 118 Å². The summed E-state index contributed by atoms with van der Waals surface area (Å²) >= 11 is 1.63. The quantitative estimate of drug-likeness (QED) is 0.840. The van der Waals surface area contributed by atoms with Gasteiger partial charge in [-0.05, 0) is 18.4 Å². The maximum absolute atomic E-state index is 12.1. The number of nitrogens with zero attached hydrogens (tertiary/aromatic N) is 3. The summed E-state index contributed by atoms with van der Waals surface area (Å²) in [5, 5.41) is 10.8. The van der Waals surface area contributed by atoms with Gasteiger partial charge in [0.1, 0.15) is 0 Å². The molecule has 0 aromatic carbocycles. The van der Waals surface area contributed by atoms with E-state index in [-0.39, 0.29) is 11.8 Å². The number of piperazine rings is 1. The Morgan fingerprint density at radius 3 is 2.79 bits per heavy atom. The van der Waals surface area contributed by atoms with E-state index >= 15 is 0 Å². The second-order valence-electron chi connectivity index (χ2n) is 4.97. The molecule has 0 aliphatic carbocycles. The minimum Gasteiger partial charge on any atom is -0.340 e. The summed E-state index contributed by atoms with van der Waals surface area (Å²) in [5.41, 5.74) is 0. The number of carbonyl (C=O) groups is 1. The van der Waals surface area contributed by atoms with Crippen molar-refractivity contribution in [2.24, 2.45) is 5.92 Å². The zero-order chi connectivity index (χ0) is 13.7. The van der Waals surface area contributed by atoms with Crippen molar-refractivity contribution in [2.75, 3.05) is 32.7 Å². The van der Waals surface area contributed by atoms with Crippen LogP contribution in [0.1, 0.15) is 11.8 Å². The van der Waals surface area contributed by atoms with Gasteiger partial charge >= 0.3 is 0 Å². The van der Waals surface area contributed by atoms with Crippen molar-refractivity contribution in [3.8, 4) is 6.07 Å². The van der Waals surface area contributed by atoms with Crippen molar-refractivity contribution in [3.63, 3.8) is 0 Å². The van der Waals surface area contributed by atoms with Crippen molar-refractivity contribution in [1.82, 2.24) is 9.80 Å². The van der Waals surface area contributed by atoms with Gasteiger partial charge in [0.25, 0.3) is 0 Å². The Morgan fingerprint density at radius 1 is 1.47 bits per heavy atom. The Balaban J connectivity index is 1.77. The Kier molecular flexibility index (Phi) is 4.94. The first-order valence-electron chi connectivity index (χ1n) is 6.61. The number of hydrogen-bond acceptors (Lipinski definition) is 4. The average Bonchev–Trinajstić information content (AvgIpc) is 2.92. The monoisotopic (exact) mass is 277 g/mol. The average molecular weight is 277 g/mol. The Bertz CT molecular complexity index is 444. The predicted octanol–water partition coefficient (Wildman–Crippen LogP) is 1.59. The second-order valence-corrected chi connectivity index (χ2v) is 6.00. The molecule has 2 rings (SSSR count). The van der Waals surface area contributed by atoms with Crippen molar-refractivity contribution in [3.05, 3.63) is 22.4 Å². The first-order chi connectivity index (χ1) is 9.19. The lowest BCUT2D eigenvalue weighted by molar-refractivity contribution is -0.132. The normalized spacial score (nSPS) is 18.0. The predicted molar refractivity (Wildman–Crippen MR) is 75.8 cm³/mol. The van der Waals surface area contributed by atoms with E-state index in [2.05, 4.69) is 11.0 Å². The van der Waals surface area contributed by atoms with Gasteiger partial charge in [0.05, 0.1) is 18.4 Å². The molecule has 19 heavy (non-hydrogen) atoms. The zero-order valence-electron chi connectivity index (χ0n) is 11.2. The summed E-state index contributed by atoms with van der Waals surface area (Å²) < 4.78 is 0. The van der Waals surface area contributed by atoms with E-state index in [9.17, 15) is 4.79 Å². The third-order valence-electron chi connectivity index (χ3n) is 3.38. The molecule has 1 saturated heterocycles. The Hall–Kier alpha value is -1.38. The number of nitriles is 1. The van der Waals surface area contributed by atoms with Crippen molar-refractivity contribution < 1.29 is 4.79 Å². The Morgan fingerprint density at radius 2 is 2.21 bits per heavy atom. The SMILES string of the molecule is CC(C#N)CN1CCN(C(=O)Cc2cccs2)CC1. The molecule has 1 atom stereocenters. The zero-order valence-corrected chi connectivity index (χ0v) is 12.0. The highest BCUT2D eigenvalue weighted by atomic mass is 32.1. The summed E-state index contributed by atoms with van der Waals surface area (Å²) in [4.78, 5) is 17.4. The standard InChI is InChI=1S/C14H19N3OS/c1-12(10-15)11-16-4-6-17(7-5-16)14(18)9-13-3-2-8-19-13/h2-3,8,12H,4-7,9,11H2,1H3. The van der Waals surface area contributed by atoms with Crippen LogP contribution in [0.5, 0.6) is 0 Å². The van der Waals surface area contributed by atoms with Gasteiger partial charge in [0.15, 0.2) is 0 Å². The lowest BCUT2D eigenvalue weighted by Gasteiger charge is -2.35. The van der Waals surface area contributed by atoms with Crippen LogP contribution in [0.2, 0.25) is 0 Å². The van der Waals surface area contributed by atoms with Crippen LogP contribution >= 0.6 is 11.3 Å². The lowest BCUT2D eigenvalue weighted by Crippen LogP contribution is -2.49. The van der Waals surface area contributed by atoms with Gasteiger partial charge in [-0.15, -0.1) is 11.3 Å². The van der Waals surface area contributed by atoms with E-state index in [4.69, 9.17) is 5.26 Å². The van der Waals surface area contributed by atoms with Gasteiger partial charge in [-0.25, -0.2) is 0 Å². The highest BCUT2D eigenvalue weighted by molar-refractivity contribution is 7.10. The molecule has 0 saturated carbocycles. The van der Waals surface area contributed by atoms with Gasteiger partial charge in [0, 0.05) is 37.6 Å². The molecule has 5 heteroatoms. The van der Waals surface area contributed by atoms with E-state index in [1.165, 1.54) is 0 Å².